The molecule has 1 unspecified atom stereocenters. The molecular weight excluding hydrogens is 273 g/mol. The first kappa shape index (κ1) is 15.0. The van der Waals surface area contributed by atoms with E-state index in [4.69, 9.17) is 11.6 Å². The first-order valence-electron chi connectivity index (χ1n) is 6.81. The minimum absolute atomic E-state index is 0.229. The highest BCUT2D eigenvalue weighted by atomic mass is 35.5. The standard InChI is InChI=1S/C17H19ClFN/c1-20-12-14(9-13-5-3-2-4-6-13)10-15-11-16(19)7-8-17(15)18/h2-8,11,14,20H,9-10,12H2,1H3. The van der Waals surface area contributed by atoms with Crippen molar-refractivity contribution in [3.05, 3.63) is 70.5 Å². The number of rotatable bonds is 6. The zero-order chi connectivity index (χ0) is 14.4. The highest BCUT2D eigenvalue weighted by molar-refractivity contribution is 6.31. The summed E-state index contributed by atoms with van der Waals surface area (Å²) >= 11 is 6.16. The van der Waals surface area contributed by atoms with Crippen LogP contribution in [-0.2, 0) is 12.8 Å². The van der Waals surface area contributed by atoms with Gasteiger partial charge in [-0.15, -0.1) is 0 Å². The minimum Gasteiger partial charge on any atom is -0.319 e. The maximum Gasteiger partial charge on any atom is 0.123 e. The van der Waals surface area contributed by atoms with Gasteiger partial charge in [0.25, 0.3) is 0 Å². The topological polar surface area (TPSA) is 12.0 Å². The van der Waals surface area contributed by atoms with Crippen LogP contribution in [0.4, 0.5) is 4.39 Å². The molecule has 0 aromatic heterocycles. The summed E-state index contributed by atoms with van der Waals surface area (Å²) in [5.41, 5.74) is 2.17. The Kier molecular flexibility index (Phi) is 5.57. The summed E-state index contributed by atoms with van der Waals surface area (Å²) in [6.07, 6.45) is 1.72. The molecule has 0 aliphatic rings. The Morgan fingerprint density at radius 3 is 2.55 bits per heavy atom. The molecule has 1 atom stereocenters. The number of benzene rings is 2. The summed E-state index contributed by atoms with van der Waals surface area (Å²) in [6.45, 7) is 0.877. The zero-order valence-electron chi connectivity index (χ0n) is 11.6. The van der Waals surface area contributed by atoms with Crippen LogP contribution in [0.3, 0.4) is 0 Å². The molecule has 20 heavy (non-hydrogen) atoms. The molecule has 0 radical (unpaired) electrons. The van der Waals surface area contributed by atoms with Crippen LogP contribution >= 0.6 is 11.6 Å². The molecule has 106 valence electrons. The van der Waals surface area contributed by atoms with E-state index in [-0.39, 0.29) is 5.82 Å². The SMILES string of the molecule is CNCC(Cc1ccccc1)Cc1cc(F)ccc1Cl. The summed E-state index contributed by atoms with van der Waals surface area (Å²) in [7, 11) is 1.94. The Morgan fingerprint density at radius 1 is 1.10 bits per heavy atom. The lowest BCUT2D eigenvalue weighted by Crippen LogP contribution is -2.23. The average Bonchev–Trinajstić information content (AvgIpc) is 2.44. The van der Waals surface area contributed by atoms with Crippen LogP contribution in [-0.4, -0.2) is 13.6 Å². The summed E-state index contributed by atoms with van der Waals surface area (Å²) in [5, 5.41) is 3.84. The summed E-state index contributed by atoms with van der Waals surface area (Å²) < 4.78 is 13.3. The Labute approximate surface area is 124 Å². The fraction of sp³-hybridized carbons (Fsp3) is 0.294. The molecule has 0 aliphatic heterocycles. The Balaban J connectivity index is 2.11. The number of hydrogen-bond acceptors (Lipinski definition) is 1. The van der Waals surface area contributed by atoms with Gasteiger partial charge in [-0.25, -0.2) is 4.39 Å². The molecule has 0 fully saturated rings. The van der Waals surface area contributed by atoms with Crippen LogP contribution in [0.15, 0.2) is 48.5 Å². The van der Waals surface area contributed by atoms with Crippen molar-refractivity contribution in [2.45, 2.75) is 12.8 Å². The van der Waals surface area contributed by atoms with E-state index in [1.54, 1.807) is 6.07 Å². The average molecular weight is 292 g/mol. The number of halogens is 2. The Hall–Kier alpha value is -1.38. The molecule has 0 amide bonds. The summed E-state index contributed by atoms with van der Waals surface area (Å²) in [5.74, 6) is 0.161. The summed E-state index contributed by atoms with van der Waals surface area (Å²) in [4.78, 5) is 0. The second-order valence-corrected chi connectivity index (χ2v) is 5.46. The largest absolute Gasteiger partial charge is 0.319 e. The first-order chi connectivity index (χ1) is 9.69. The van der Waals surface area contributed by atoms with Crippen molar-refractivity contribution in [1.29, 1.82) is 0 Å². The van der Waals surface area contributed by atoms with Crippen LogP contribution < -0.4 is 5.32 Å². The van der Waals surface area contributed by atoms with Crippen LogP contribution in [0.5, 0.6) is 0 Å². The van der Waals surface area contributed by atoms with Gasteiger partial charge in [0.2, 0.25) is 0 Å². The van der Waals surface area contributed by atoms with E-state index in [0.717, 1.165) is 24.9 Å². The maximum atomic E-state index is 13.3. The molecule has 0 saturated carbocycles. The third kappa shape index (κ3) is 4.32. The number of nitrogens with one attached hydrogen (secondary N) is 1. The normalized spacial score (nSPS) is 12.3. The van der Waals surface area contributed by atoms with Crippen molar-refractivity contribution in [3.63, 3.8) is 0 Å². The van der Waals surface area contributed by atoms with Gasteiger partial charge in [0, 0.05) is 5.02 Å². The highest BCUT2D eigenvalue weighted by Gasteiger charge is 2.12. The molecule has 1 N–H and O–H groups in total. The summed E-state index contributed by atoms with van der Waals surface area (Å²) in [6, 6.07) is 14.9. The van der Waals surface area contributed by atoms with Gasteiger partial charge in [0.05, 0.1) is 0 Å². The molecule has 2 aromatic carbocycles. The molecule has 0 heterocycles. The molecule has 0 spiro atoms. The molecule has 0 saturated heterocycles. The highest BCUT2D eigenvalue weighted by Crippen LogP contribution is 2.22. The van der Waals surface area contributed by atoms with E-state index in [1.165, 1.54) is 17.7 Å². The van der Waals surface area contributed by atoms with Crippen molar-refractivity contribution < 1.29 is 4.39 Å². The molecule has 2 rings (SSSR count). The van der Waals surface area contributed by atoms with Crippen molar-refractivity contribution in [2.75, 3.05) is 13.6 Å². The van der Waals surface area contributed by atoms with Gasteiger partial charge in [-0.1, -0.05) is 41.9 Å². The molecule has 0 aliphatic carbocycles. The first-order valence-corrected chi connectivity index (χ1v) is 7.19. The lowest BCUT2D eigenvalue weighted by Gasteiger charge is -2.17. The smallest absolute Gasteiger partial charge is 0.123 e. The van der Waals surface area contributed by atoms with Crippen LogP contribution in [0, 0.1) is 11.7 Å². The van der Waals surface area contributed by atoms with Crippen LogP contribution in [0.1, 0.15) is 11.1 Å². The quantitative estimate of drug-likeness (QED) is 0.845. The van der Waals surface area contributed by atoms with E-state index < -0.39 is 0 Å². The van der Waals surface area contributed by atoms with Gasteiger partial charge in [-0.2, -0.15) is 0 Å². The van der Waals surface area contributed by atoms with E-state index in [0.29, 0.717) is 10.9 Å². The van der Waals surface area contributed by atoms with Gasteiger partial charge < -0.3 is 5.32 Å². The van der Waals surface area contributed by atoms with Crippen LogP contribution in [0.2, 0.25) is 5.02 Å². The van der Waals surface area contributed by atoms with E-state index in [2.05, 4.69) is 17.4 Å². The van der Waals surface area contributed by atoms with Gasteiger partial charge in [-0.05, 0) is 61.7 Å². The van der Waals surface area contributed by atoms with E-state index >= 15 is 0 Å². The fourth-order valence-corrected chi connectivity index (χ4v) is 2.66. The van der Waals surface area contributed by atoms with E-state index in [1.807, 2.05) is 25.2 Å². The Morgan fingerprint density at radius 2 is 1.85 bits per heavy atom. The molecule has 2 aromatic rings. The van der Waals surface area contributed by atoms with Crippen LogP contribution in [0.25, 0.3) is 0 Å². The zero-order valence-corrected chi connectivity index (χ0v) is 12.3. The van der Waals surface area contributed by atoms with Crippen molar-refractivity contribution in [3.8, 4) is 0 Å². The lowest BCUT2D eigenvalue weighted by atomic mass is 9.92. The Bertz CT molecular complexity index is 542. The third-order valence-electron chi connectivity index (χ3n) is 3.38. The van der Waals surface area contributed by atoms with Gasteiger partial charge in [0.1, 0.15) is 5.82 Å². The minimum atomic E-state index is -0.229. The molecular formula is C17H19ClFN. The van der Waals surface area contributed by atoms with Crippen molar-refractivity contribution in [2.24, 2.45) is 5.92 Å². The molecule has 0 bridgehead atoms. The van der Waals surface area contributed by atoms with Gasteiger partial charge in [-0.3, -0.25) is 0 Å². The van der Waals surface area contributed by atoms with Crippen molar-refractivity contribution >= 4 is 11.6 Å². The maximum absolute atomic E-state index is 13.3. The van der Waals surface area contributed by atoms with Gasteiger partial charge in [0.15, 0.2) is 0 Å². The van der Waals surface area contributed by atoms with E-state index in [9.17, 15) is 4.39 Å². The van der Waals surface area contributed by atoms with Gasteiger partial charge >= 0.3 is 0 Å². The second-order valence-electron chi connectivity index (χ2n) is 5.05. The van der Waals surface area contributed by atoms with Crippen molar-refractivity contribution in [1.82, 2.24) is 5.32 Å². The molecule has 1 nitrogen and oxygen atoms in total. The predicted molar refractivity (Wildman–Crippen MR) is 82.7 cm³/mol. The molecule has 3 heteroatoms. The second kappa shape index (κ2) is 7.41. The number of hydrogen-bond donors (Lipinski definition) is 1. The predicted octanol–water partition coefficient (Wildman–Crippen LogP) is 4.10. The third-order valence-corrected chi connectivity index (χ3v) is 3.75. The monoisotopic (exact) mass is 291 g/mol. The lowest BCUT2D eigenvalue weighted by molar-refractivity contribution is 0.492. The fourth-order valence-electron chi connectivity index (χ4n) is 2.46.